The van der Waals surface area contributed by atoms with Crippen LogP contribution in [0.25, 0.3) is 0 Å². The summed E-state index contributed by atoms with van der Waals surface area (Å²) in [5.74, 6) is 9.99. The summed E-state index contributed by atoms with van der Waals surface area (Å²) in [6, 6.07) is 21.9. The minimum Gasteiger partial charge on any atom is -0.0689 e. The first-order valence-corrected chi connectivity index (χ1v) is 22.3. The summed E-state index contributed by atoms with van der Waals surface area (Å²) in [5.41, 5.74) is 7.10. The van der Waals surface area contributed by atoms with Crippen molar-refractivity contribution in [2.75, 3.05) is 0 Å². The minimum absolute atomic E-state index is 0.234. The Labute approximate surface area is 272 Å². The second-order valence-corrected chi connectivity index (χ2v) is 23.8. The molecule has 12 atom stereocenters. The van der Waals surface area contributed by atoms with Crippen LogP contribution in [0.2, 0.25) is 24.2 Å². The molecule has 5 aliphatic rings. The largest absolute Gasteiger partial charge is 0.0689 e. The van der Waals surface area contributed by atoms with Crippen molar-refractivity contribution in [1.82, 2.24) is 0 Å². The highest BCUT2D eigenvalue weighted by Gasteiger charge is 2.62. The van der Waals surface area contributed by atoms with Gasteiger partial charge in [-0.15, -0.1) is 0 Å². The molecule has 0 amide bonds. The van der Waals surface area contributed by atoms with Gasteiger partial charge in [-0.1, -0.05) is 135 Å². The minimum atomic E-state index is -1.58. The lowest BCUT2D eigenvalue weighted by Gasteiger charge is -2.51. The molecule has 7 rings (SSSR count). The fraction of sp³-hybridized carbons (Fsp3) is 0.721. The van der Waals surface area contributed by atoms with E-state index >= 15 is 0 Å². The Bertz CT molecular complexity index is 1270. The Kier molecular flexibility index (Phi) is 8.33. The molecule has 0 nitrogen and oxygen atoms in total. The predicted octanol–water partition coefficient (Wildman–Crippen LogP) is 12.5. The predicted molar refractivity (Wildman–Crippen MR) is 192 cm³/mol. The van der Waals surface area contributed by atoms with Gasteiger partial charge in [0.2, 0.25) is 0 Å². The molecular weight excluding hydrogens is 545 g/mol. The lowest BCUT2D eigenvalue weighted by Crippen LogP contribution is -2.48. The van der Waals surface area contributed by atoms with E-state index in [9.17, 15) is 0 Å². The van der Waals surface area contributed by atoms with E-state index in [0.717, 1.165) is 76.2 Å². The van der Waals surface area contributed by atoms with Gasteiger partial charge in [-0.3, -0.25) is 0 Å². The summed E-state index contributed by atoms with van der Waals surface area (Å²) in [4.78, 5) is 0. The van der Waals surface area contributed by atoms with E-state index in [-0.39, 0.29) is 5.41 Å². The van der Waals surface area contributed by atoms with E-state index in [0.29, 0.717) is 0 Å². The molecule has 2 aromatic rings. The summed E-state index contributed by atoms with van der Waals surface area (Å²) in [6.07, 6.45) is 13.4. The average molecular weight is 609 g/mol. The quantitative estimate of drug-likeness (QED) is 0.296. The molecule has 0 aromatic heterocycles. The lowest BCUT2D eigenvalue weighted by molar-refractivity contribution is 0.120. The highest BCUT2D eigenvalue weighted by atomic mass is 28.3. The van der Waals surface area contributed by atoms with Gasteiger partial charge < -0.3 is 0 Å². The SMILES string of the molecule is CC(C)C1CC2C(c3ccc(C(C)(C)C)cc3)CCCC2C1[Si](C)(C)C1C(C)CC2C1CC1CCCC1C2c1ccccc1. The highest BCUT2D eigenvalue weighted by molar-refractivity contribution is 6.80. The molecule has 0 spiro atoms. The van der Waals surface area contributed by atoms with Crippen molar-refractivity contribution in [3.05, 3.63) is 71.3 Å². The van der Waals surface area contributed by atoms with Crippen LogP contribution in [0.15, 0.2) is 54.6 Å². The van der Waals surface area contributed by atoms with Gasteiger partial charge in [-0.05, 0) is 130 Å². The molecule has 44 heavy (non-hydrogen) atoms. The van der Waals surface area contributed by atoms with E-state index in [1.54, 1.807) is 17.5 Å². The third-order valence-corrected chi connectivity index (χ3v) is 20.3. The van der Waals surface area contributed by atoms with Crippen LogP contribution in [0.4, 0.5) is 0 Å². The molecule has 0 heterocycles. The van der Waals surface area contributed by atoms with E-state index in [1.807, 2.05) is 0 Å². The molecule has 0 radical (unpaired) electrons. The monoisotopic (exact) mass is 608 g/mol. The van der Waals surface area contributed by atoms with Crippen LogP contribution in [-0.2, 0) is 5.41 Å². The Hall–Kier alpha value is -1.34. The summed E-state index contributed by atoms with van der Waals surface area (Å²) in [5, 5.41) is 0. The zero-order chi connectivity index (χ0) is 31.0. The third-order valence-electron chi connectivity index (χ3n) is 15.0. The molecule has 0 N–H and O–H groups in total. The maximum atomic E-state index is 2.94. The Morgan fingerprint density at radius 2 is 1.34 bits per heavy atom. The summed E-state index contributed by atoms with van der Waals surface area (Å²) < 4.78 is 0. The van der Waals surface area contributed by atoms with Crippen molar-refractivity contribution >= 4 is 8.07 Å². The van der Waals surface area contributed by atoms with Crippen LogP contribution in [0.1, 0.15) is 128 Å². The number of hydrogen-bond donors (Lipinski definition) is 0. The van der Waals surface area contributed by atoms with Gasteiger partial charge in [0.1, 0.15) is 0 Å². The average Bonchev–Trinajstić information content (AvgIpc) is 3.70. The molecule has 1 heteroatoms. The number of rotatable bonds is 5. The zero-order valence-electron chi connectivity index (χ0n) is 29.6. The molecule has 240 valence electrons. The second-order valence-electron chi connectivity index (χ2n) is 18.8. The van der Waals surface area contributed by atoms with Gasteiger partial charge in [0.25, 0.3) is 0 Å². The Morgan fingerprint density at radius 1 is 0.659 bits per heavy atom. The molecule has 12 unspecified atom stereocenters. The number of hydrogen-bond acceptors (Lipinski definition) is 0. The first kappa shape index (κ1) is 31.3. The molecule has 5 fully saturated rings. The summed E-state index contributed by atoms with van der Waals surface area (Å²) >= 11 is 0. The molecule has 5 aliphatic carbocycles. The van der Waals surface area contributed by atoms with E-state index in [1.165, 1.54) is 56.9 Å². The van der Waals surface area contributed by atoms with Crippen molar-refractivity contribution in [2.45, 2.75) is 141 Å². The van der Waals surface area contributed by atoms with Crippen molar-refractivity contribution in [3.8, 4) is 0 Å². The fourth-order valence-electron chi connectivity index (χ4n) is 13.6. The van der Waals surface area contributed by atoms with Crippen LogP contribution in [0, 0.1) is 53.3 Å². The van der Waals surface area contributed by atoms with Crippen molar-refractivity contribution in [1.29, 1.82) is 0 Å². The second kappa shape index (κ2) is 11.7. The molecule has 0 bridgehead atoms. The van der Waals surface area contributed by atoms with E-state index < -0.39 is 8.07 Å². The number of fused-ring (bicyclic) bond motifs is 3. The van der Waals surface area contributed by atoms with Crippen LogP contribution >= 0.6 is 0 Å². The van der Waals surface area contributed by atoms with Crippen LogP contribution in [-0.4, -0.2) is 8.07 Å². The van der Waals surface area contributed by atoms with Gasteiger partial charge in [0.05, 0.1) is 8.07 Å². The topological polar surface area (TPSA) is 0 Å². The van der Waals surface area contributed by atoms with Crippen molar-refractivity contribution in [2.24, 2.45) is 53.3 Å². The smallest absolute Gasteiger partial charge is 0.0547 e. The number of benzene rings is 2. The first-order valence-electron chi connectivity index (χ1n) is 19.1. The maximum absolute atomic E-state index is 2.94. The van der Waals surface area contributed by atoms with Gasteiger partial charge >= 0.3 is 0 Å². The first-order chi connectivity index (χ1) is 21.0. The molecular formula is C43H64Si. The van der Waals surface area contributed by atoms with Crippen LogP contribution < -0.4 is 0 Å². The fourth-order valence-corrected chi connectivity index (χ4v) is 20.3. The normalized spacial score (nSPS) is 40.6. The van der Waals surface area contributed by atoms with Crippen molar-refractivity contribution in [3.63, 3.8) is 0 Å². The lowest BCUT2D eigenvalue weighted by atomic mass is 9.62. The van der Waals surface area contributed by atoms with Gasteiger partial charge in [0.15, 0.2) is 0 Å². The van der Waals surface area contributed by atoms with Crippen LogP contribution in [0.3, 0.4) is 0 Å². The molecule has 0 saturated heterocycles. The molecule has 0 aliphatic heterocycles. The highest BCUT2D eigenvalue weighted by Crippen LogP contribution is 2.70. The third kappa shape index (κ3) is 5.22. The van der Waals surface area contributed by atoms with E-state index in [4.69, 9.17) is 0 Å². The Balaban J connectivity index is 1.21. The van der Waals surface area contributed by atoms with E-state index in [2.05, 4.69) is 109 Å². The van der Waals surface area contributed by atoms with Gasteiger partial charge in [-0.25, -0.2) is 0 Å². The summed E-state index contributed by atoms with van der Waals surface area (Å²) in [6.45, 7) is 20.9. The van der Waals surface area contributed by atoms with Crippen LogP contribution in [0.5, 0.6) is 0 Å². The van der Waals surface area contributed by atoms with Gasteiger partial charge in [0, 0.05) is 0 Å². The van der Waals surface area contributed by atoms with Crippen molar-refractivity contribution < 1.29 is 0 Å². The zero-order valence-corrected chi connectivity index (χ0v) is 30.6. The molecule has 2 aromatic carbocycles. The van der Waals surface area contributed by atoms with Gasteiger partial charge in [-0.2, -0.15) is 0 Å². The maximum Gasteiger partial charge on any atom is 0.0547 e. The summed E-state index contributed by atoms with van der Waals surface area (Å²) in [7, 11) is -1.58. The molecule has 5 saturated carbocycles. The standard InChI is InChI=1S/C43H64Si/c1-27(2)36-26-37-33(29-20-22-32(23-21-29)43(4,5)6)17-13-19-35(37)42(36)44(7,8)41-28(3)24-38-39(41)25-31-16-12-18-34(31)40(38)30-14-10-9-11-15-30/h9-11,14-15,20-23,27-28,31,33-42H,12-13,16-19,24-26H2,1-8H3. The Morgan fingerprint density at radius 3 is 2.02 bits per heavy atom.